The predicted molar refractivity (Wildman–Crippen MR) is 77.3 cm³/mol. The van der Waals surface area contributed by atoms with Crippen molar-refractivity contribution >= 4 is 34.2 Å². The van der Waals surface area contributed by atoms with Gasteiger partial charge in [-0.2, -0.15) is 0 Å². The highest BCUT2D eigenvalue weighted by molar-refractivity contribution is 14.1. The summed E-state index contributed by atoms with van der Waals surface area (Å²) in [6.45, 7) is 9.06. The van der Waals surface area contributed by atoms with Crippen LogP contribution in [0.15, 0.2) is 6.20 Å². The molecule has 0 radical (unpaired) electrons. The van der Waals surface area contributed by atoms with Crippen LogP contribution in [0.2, 0.25) is 5.02 Å². The number of nitrogens with zero attached hydrogens (tertiary/aromatic N) is 1. The van der Waals surface area contributed by atoms with Gasteiger partial charge in [0.2, 0.25) is 0 Å². The molecule has 88 valence electrons. The molecule has 1 aliphatic rings. The normalized spacial score (nSPS) is 21.6. The van der Waals surface area contributed by atoms with Crippen molar-refractivity contribution in [1.82, 2.24) is 4.98 Å². The molecule has 0 saturated heterocycles. The molecule has 0 saturated carbocycles. The Morgan fingerprint density at radius 3 is 2.38 bits per heavy atom. The van der Waals surface area contributed by atoms with Crippen LogP contribution in [-0.4, -0.2) is 4.98 Å². The predicted octanol–water partition coefficient (Wildman–Crippen LogP) is 4.69. The van der Waals surface area contributed by atoms with Crippen LogP contribution in [0, 0.1) is 3.57 Å². The van der Waals surface area contributed by atoms with Crippen LogP contribution in [0.4, 0.5) is 0 Å². The number of halogens is 2. The summed E-state index contributed by atoms with van der Waals surface area (Å²) in [6, 6.07) is 0. The highest BCUT2D eigenvalue weighted by atomic mass is 127. The minimum atomic E-state index is 0.149. The highest BCUT2D eigenvalue weighted by Crippen LogP contribution is 2.48. The molecular weight excluding hydrogens is 333 g/mol. The van der Waals surface area contributed by atoms with Crippen LogP contribution in [-0.2, 0) is 10.8 Å². The van der Waals surface area contributed by atoms with Gasteiger partial charge in [-0.1, -0.05) is 39.3 Å². The molecule has 3 heteroatoms. The van der Waals surface area contributed by atoms with Crippen LogP contribution in [0.3, 0.4) is 0 Å². The van der Waals surface area contributed by atoms with E-state index in [2.05, 4.69) is 55.3 Å². The molecule has 1 aromatic heterocycles. The maximum atomic E-state index is 6.48. The van der Waals surface area contributed by atoms with Crippen molar-refractivity contribution in [2.75, 3.05) is 0 Å². The zero-order valence-corrected chi connectivity index (χ0v) is 13.1. The van der Waals surface area contributed by atoms with Gasteiger partial charge in [0.1, 0.15) is 0 Å². The Morgan fingerprint density at radius 1 is 1.19 bits per heavy atom. The lowest BCUT2D eigenvalue weighted by Crippen LogP contribution is -2.35. The third-order valence-electron chi connectivity index (χ3n) is 3.67. The molecule has 0 unspecified atom stereocenters. The van der Waals surface area contributed by atoms with E-state index in [9.17, 15) is 0 Å². The quantitative estimate of drug-likeness (QED) is 0.619. The van der Waals surface area contributed by atoms with Crippen molar-refractivity contribution in [3.05, 3.63) is 26.0 Å². The van der Waals surface area contributed by atoms with Crippen LogP contribution < -0.4 is 0 Å². The Balaban J connectivity index is 2.75. The Labute approximate surface area is 116 Å². The maximum Gasteiger partial charge on any atom is 0.0610 e. The number of rotatable bonds is 0. The average molecular weight is 350 g/mol. The van der Waals surface area contributed by atoms with E-state index >= 15 is 0 Å². The largest absolute Gasteiger partial charge is 0.259 e. The number of aromatic nitrogens is 1. The zero-order valence-electron chi connectivity index (χ0n) is 10.2. The number of fused-ring (bicyclic) bond motifs is 1. The monoisotopic (exact) mass is 349 g/mol. The van der Waals surface area contributed by atoms with Crippen LogP contribution in [0.5, 0.6) is 0 Å². The summed E-state index contributed by atoms with van der Waals surface area (Å²) in [6.07, 6.45) is 4.25. The van der Waals surface area contributed by atoms with Crippen molar-refractivity contribution in [3.8, 4) is 0 Å². The number of hydrogen-bond donors (Lipinski definition) is 0. The van der Waals surface area contributed by atoms with E-state index in [-0.39, 0.29) is 10.8 Å². The third kappa shape index (κ3) is 1.88. The summed E-state index contributed by atoms with van der Waals surface area (Å²) >= 11 is 8.74. The van der Waals surface area contributed by atoms with Crippen molar-refractivity contribution < 1.29 is 0 Å². The molecule has 0 aromatic carbocycles. The minimum Gasteiger partial charge on any atom is -0.259 e. The SMILES string of the molecule is CC1(C)CCC(C)(C)c2c1ncc(I)c2Cl. The van der Waals surface area contributed by atoms with Gasteiger partial charge in [-0.15, -0.1) is 0 Å². The van der Waals surface area contributed by atoms with Crippen molar-refractivity contribution in [2.24, 2.45) is 0 Å². The summed E-state index contributed by atoms with van der Waals surface area (Å²) in [5, 5.41) is 0.906. The Morgan fingerprint density at radius 2 is 1.75 bits per heavy atom. The average Bonchev–Trinajstić information content (AvgIpc) is 2.17. The minimum absolute atomic E-state index is 0.149. The van der Waals surface area contributed by atoms with Crippen LogP contribution >= 0.6 is 34.2 Å². The number of pyridine rings is 1. The van der Waals surface area contributed by atoms with E-state index in [1.807, 2.05) is 6.20 Å². The Kier molecular flexibility index (Phi) is 3.03. The second-order valence-electron chi connectivity index (χ2n) is 5.91. The van der Waals surface area contributed by atoms with Gasteiger partial charge in [-0.25, -0.2) is 0 Å². The molecule has 1 nitrogen and oxygen atoms in total. The molecule has 16 heavy (non-hydrogen) atoms. The standard InChI is InChI=1S/C13H17ClIN/c1-12(2)5-6-13(3,4)11-9(12)10(14)8(15)7-16-11/h7H,5-6H2,1-4H3. The number of hydrogen-bond acceptors (Lipinski definition) is 1. The lowest BCUT2D eigenvalue weighted by molar-refractivity contribution is 0.323. The van der Waals surface area contributed by atoms with E-state index in [0.717, 1.165) is 8.59 Å². The first-order valence-electron chi connectivity index (χ1n) is 5.61. The lowest BCUT2D eigenvalue weighted by Gasteiger charge is -2.41. The summed E-state index contributed by atoms with van der Waals surface area (Å²) in [4.78, 5) is 4.64. The lowest BCUT2D eigenvalue weighted by atomic mass is 9.65. The molecule has 1 aromatic rings. The smallest absolute Gasteiger partial charge is 0.0610 e. The molecule has 2 rings (SSSR count). The Bertz CT molecular complexity index is 438. The molecular formula is C13H17ClIN. The third-order valence-corrected chi connectivity index (χ3v) is 5.20. The van der Waals surface area contributed by atoms with Gasteiger partial charge < -0.3 is 0 Å². The molecule has 0 aliphatic heterocycles. The van der Waals surface area contributed by atoms with Gasteiger partial charge in [0, 0.05) is 11.6 Å². The van der Waals surface area contributed by atoms with Crippen LogP contribution in [0.25, 0.3) is 0 Å². The van der Waals surface area contributed by atoms with Gasteiger partial charge >= 0.3 is 0 Å². The second kappa shape index (κ2) is 3.84. The van der Waals surface area contributed by atoms with Crippen molar-refractivity contribution in [3.63, 3.8) is 0 Å². The van der Waals surface area contributed by atoms with Gasteiger partial charge in [0.25, 0.3) is 0 Å². The molecule has 1 heterocycles. The summed E-state index contributed by atoms with van der Waals surface area (Å²) in [7, 11) is 0. The Hall–Kier alpha value is 0.170. The molecule has 0 N–H and O–H groups in total. The fourth-order valence-electron chi connectivity index (χ4n) is 2.46. The molecule has 0 atom stereocenters. The molecule has 0 fully saturated rings. The molecule has 0 bridgehead atoms. The van der Waals surface area contributed by atoms with Gasteiger partial charge in [0.15, 0.2) is 0 Å². The van der Waals surface area contributed by atoms with Crippen molar-refractivity contribution in [1.29, 1.82) is 0 Å². The van der Waals surface area contributed by atoms with E-state index in [0.29, 0.717) is 0 Å². The van der Waals surface area contributed by atoms with Gasteiger partial charge in [0.05, 0.1) is 14.3 Å². The fourth-order valence-corrected chi connectivity index (χ4v) is 3.27. The maximum absolute atomic E-state index is 6.48. The van der Waals surface area contributed by atoms with Crippen LogP contribution in [0.1, 0.15) is 51.8 Å². The topological polar surface area (TPSA) is 12.9 Å². The van der Waals surface area contributed by atoms with Crippen molar-refractivity contribution in [2.45, 2.75) is 51.4 Å². The molecule has 0 amide bonds. The fraction of sp³-hybridized carbons (Fsp3) is 0.615. The highest BCUT2D eigenvalue weighted by Gasteiger charge is 2.40. The second-order valence-corrected chi connectivity index (χ2v) is 7.45. The molecule has 0 spiro atoms. The molecule has 1 aliphatic carbocycles. The summed E-state index contributed by atoms with van der Waals surface area (Å²) in [5.74, 6) is 0. The van der Waals surface area contributed by atoms with Gasteiger partial charge in [-0.3, -0.25) is 4.98 Å². The van der Waals surface area contributed by atoms with E-state index in [1.54, 1.807) is 0 Å². The summed E-state index contributed by atoms with van der Waals surface area (Å²) < 4.78 is 1.06. The van der Waals surface area contributed by atoms with E-state index < -0.39 is 0 Å². The first kappa shape index (κ1) is 12.6. The first-order valence-corrected chi connectivity index (χ1v) is 7.06. The zero-order chi connectivity index (χ0) is 12.1. The van der Waals surface area contributed by atoms with Gasteiger partial charge in [-0.05, 0) is 46.4 Å². The first-order chi connectivity index (χ1) is 7.26. The van der Waals surface area contributed by atoms with E-state index in [1.165, 1.54) is 24.1 Å². The van der Waals surface area contributed by atoms with E-state index in [4.69, 9.17) is 11.6 Å². The summed E-state index contributed by atoms with van der Waals surface area (Å²) in [5.41, 5.74) is 2.75.